The summed E-state index contributed by atoms with van der Waals surface area (Å²) in [5.74, 6) is 0. The molecule has 1 heterocycles. The zero-order valence-electron chi connectivity index (χ0n) is 15.1. The van der Waals surface area contributed by atoms with Crippen LogP contribution < -0.4 is 0 Å². The summed E-state index contributed by atoms with van der Waals surface area (Å²) in [4.78, 5) is 0. The van der Waals surface area contributed by atoms with Gasteiger partial charge in [0.05, 0.1) is 5.52 Å². The number of hydrogen-bond acceptors (Lipinski definition) is 3. The van der Waals surface area contributed by atoms with E-state index in [0.29, 0.717) is 0 Å². The second-order valence-electron chi connectivity index (χ2n) is 6.72. The third-order valence-corrected chi connectivity index (χ3v) is 5.00. The van der Waals surface area contributed by atoms with Gasteiger partial charge in [-0.15, -0.1) is 5.10 Å². The lowest BCUT2D eigenvalue weighted by molar-refractivity contribution is 0.106. The number of para-hydroxylation sites is 1. The van der Waals surface area contributed by atoms with Crippen LogP contribution in [-0.2, 0) is 5.54 Å². The summed E-state index contributed by atoms with van der Waals surface area (Å²) in [5.41, 5.74) is 2.89. The third kappa shape index (κ3) is 3.15. The van der Waals surface area contributed by atoms with E-state index < -0.39 is 11.6 Å². The van der Waals surface area contributed by atoms with Crippen LogP contribution in [0.15, 0.2) is 91.0 Å². The minimum Gasteiger partial charge on any atom is -0.386 e. The topological polar surface area (TPSA) is 50.9 Å². The number of rotatable bonds is 5. The van der Waals surface area contributed by atoms with Crippen LogP contribution in [0.1, 0.15) is 18.1 Å². The zero-order valence-corrected chi connectivity index (χ0v) is 15.1. The third-order valence-electron chi connectivity index (χ3n) is 5.00. The van der Waals surface area contributed by atoms with E-state index in [9.17, 15) is 5.11 Å². The number of fused-ring (bicyclic) bond motifs is 1. The normalized spacial score (nSPS) is 15.0. The summed E-state index contributed by atoms with van der Waals surface area (Å²) in [5, 5.41) is 19.9. The molecule has 0 spiro atoms. The Balaban J connectivity index is 1.83. The van der Waals surface area contributed by atoms with Crippen LogP contribution in [0.4, 0.5) is 0 Å². The molecule has 134 valence electrons. The fourth-order valence-corrected chi connectivity index (χ4v) is 3.36. The molecule has 0 saturated heterocycles. The van der Waals surface area contributed by atoms with Gasteiger partial charge in [-0.3, -0.25) is 0 Å². The average molecular weight is 355 g/mol. The van der Waals surface area contributed by atoms with Crippen molar-refractivity contribution in [1.82, 2.24) is 15.0 Å². The van der Waals surface area contributed by atoms with Crippen LogP contribution in [-0.4, -0.2) is 26.2 Å². The number of nitrogens with zero attached hydrogens (tertiary/aromatic N) is 3. The maximum absolute atomic E-state index is 11.2. The van der Waals surface area contributed by atoms with Gasteiger partial charge in [-0.2, -0.15) is 0 Å². The predicted octanol–water partition coefficient (Wildman–Crippen LogP) is 4.27. The molecule has 1 N–H and O–H groups in total. The van der Waals surface area contributed by atoms with Gasteiger partial charge in [0.25, 0.3) is 0 Å². The molecular weight excluding hydrogens is 334 g/mol. The lowest BCUT2D eigenvalue weighted by Gasteiger charge is -2.34. The van der Waals surface area contributed by atoms with Gasteiger partial charge in [-0.25, -0.2) is 4.68 Å². The first-order chi connectivity index (χ1) is 13.2. The second kappa shape index (κ2) is 7.17. The maximum atomic E-state index is 11.2. The van der Waals surface area contributed by atoms with Gasteiger partial charge in [0.15, 0.2) is 0 Å². The summed E-state index contributed by atoms with van der Waals surface area (Å²) in [7, 11) is 0. The molecule has 0 saturated carbocycles. The quantitative estimate of drug-likeness (QED) is 0.582. The molecule has 1 aromatic heterocycles. The first-order valence-electron chi connectivity index (χ1n) is 8.97. The Labute approximate surface area is 158 Å². The van der Waals surface area contributed by atoms with Gasteiger partial charge in [-0.05, 0) is 30.2 Å². The van der Waals surface area contributed by atoms with Crippen LogP contribution >= 0.6 is 0 Å². The van der Waals surface area contributed by atoms with E-state index in [1.165, 1.54) is 0 Å². The molecule has 0 amide bonds. The number of aromatic nitrogens is 3. The van der Waals surface area contributed by atoms with E-state index in [1.54, 1.807) is 0 Å². The molecule has 2 atom stereocenters. The number of aliphatic hydroxyl groups is 1. The van der Waals surface area contributed by atoms with E-state index in [4.69, 9.17) is 0 Å². The summed E-state index contributed by atoms with van der Waals surface area (Å²) in [6.45, 7) is 1.99. The molecule has 4 heteroatoms. The van der Waals surface area contributed by atoms with Crippen molar-refractivity contribution in [3.05, 3.63) is 102 Å². The second-order valence-corrected chi connectivity index (χ2v) is 6.72. The Bertz CT molecular complexity index is 1060. The van der Waals surface area contributed by atoms with Gasteiger partial charge < -0.3 is 5.11 Å². The van der Waals surface area contributed by atoms with Gasteiger partial charge in [0.1, 0.15) is 17.2 Å². The highest BCUT2D eigenvalue weighted by Crippen LogP contribution is 2.33. The minimum atomic E-state index is -0.803. The Morgan fingerprint density at radius 3 is 2.26 bits per heavy atom. The lowest BCUT2D eigenvalue weighted by Crippen LogP contribution is -2.43. The summed E-state index contributed by atoms with van der Waals surface area (Å²) in [6, 6.07) is 27.7. The fraction of sp³-hybridized carbons (Fsp3) is 0.130. The largest absolute Gasteiger partial charge is 0.386 e. The van der Waals surface area contributed by atoms with Crippen molar-refractivity contribution in [3.8, 4) is 0 Å². The molecule has 0 radical (unpaired) electrons. The molecule has 3 aromatic carbocycles. The highest BCUT2D eigenvalue weighted by molar-refractivity contribution is 5.74. The summed E-state index contributed by atoms with van der Waals surface area (Å²) >= 11 is 0. The van der Waals surface area contributed by atoms with E-state index >= 15 is 0 Å². The minimum absolute atomic E-state index is 0.801. The van der Waals surface area contributed by atoms with Crippen molar-refractivity contribution in [1.29, 1.82) is 0 Å². The Morgan fingerprint density at radius 1 is 0.889 bits per heavy atom. The van der Waals surface area contributed by atoms with Crippen LogP contribution in [0.5, 0.6) is 0 Å². The number of benzene rings is 3. The lowest BCUT2D eigenvalue weighted by atomic mass is 9.85. The van der Waals surface area contributed by atoms with Gasteiger partial charge >= 0.3 is 0 Å². The van der Waals surface area contributed by atoms with Crippen molar-refractivity contribution in [2.24, 2.45) is 0 Å². The van der Waals surface area contributed by atoms with Crippen molar-refractivity contribution >= 4 is 17.1 Å². The van der Waals surface area contributed by atoms with Crippen LogP contribution in [0.2, 0.25) is 0 Å². The van der Waals surface area contributed by atoms with Crippen LogP contribution in [0, 0.1) is 0 Å². The van der Waals surface area contributed by atoms with E-state index in [-0.39, 0.29) is 0 Å². The molecule has 27 heavy (non-hydrogen) atoms. The molecule has 0 aliphatic rings. The van der Waals surface area contributed by atoms with Crippen LogP contribution in [0.3, 0.4) is 0 Å². The smallest absolute Gasteiger partial charge is 0.117 e. The molecule has 0 fully saturated rings. The Kier molecular flexibility index (Phi) is 4.57. The van der Waals surface area contributed by atoms with E-state index in [0.717, 1.165) is 22.2 Å². The first-order valence-corrected chi connectivity index (χ1v) is 8.97. The van der Waals surface area contributed by atoms with Crippen LogP contribution in [0.25, 0.3) is 17.1 Å². The Hall–Kier alpha value is -3.24. The molecule has 2 unspecified atom stereocenters. The number of aliphatic hydroxyl groups excluding tert-OH is 1. The predicted molar refractivity (Wildman–Crippen MR) is 108 cm³/mol. The first kappa shape index (κ1) is 17.2. The van der Waals surface area contributed by atoms with Crippen molar-refractivity contribution in [2.75, 3.05) is 0 Å². The Morgan fingerprint density at radius 2 is 1.52 bits per heavy atom. The molecule has 4 nitrogen and oxygen atoms in total. The monoisotopic (exact) mass is 355 g/mol. The molecule has 0 aliphatic carbocycles. The molecule has 0 aliphatic heterocycles. The van der Waals surface area contributed by atoms with Crippen molar-refractivity contribution in [3.63, 3.8) is 0 Å². The molecule has 0 bridgehead atoms. The standard InChI is InChI=1S/C23H21N3O/c1-23(19-12-6-3-7-13-19,22(27)17-16-18-10-4-2-5-11-18)26-21-15-9-8-14-20(21)24-25-26/h2-17,22,27H,1H3/b17-16+. The van der Waals surface area contributed by atoms with Gasteiger partial charge in [0.2, 0.25) is 0 Å². The molecular formula is C23H21N3O. The fourth-order valence-electron chi connectivity index (χ4n) is 3.36. The van der Waals surface area contributed by atoms with Crippen molar-refractivity contribution < 1.29 is 5.11 Å². The highest BCUT2D eigenvalue weighted by atomic mass is 16.3. The zero-order chi connectivity index (χ0) is 18.7. The van der Waals surface area contributed by atoms with Gasteiger partial charge in [0, 0.05) is 0 Å². The SMILES string of the molecule is CC(c1ccccc1)(C(O)/C=C/c1ccccc1)n1nnc2ccccc21. The molecule has 4 aromatic rings. The van der Waals surface area contributed by atoms with E-state index in [1.807, 2.05) is 109 Å². The van der Waals surface area contributed by atoms with Gasteiger partial charge in [-0.1, -0.05) is 90.2 Å². The average Bonchev–Trinajstić information content (AvgIpc) is 3.17. The van der Waals surface area contributed by atoms with E-state index in [2.05, 4.69) is 10.3 Å². The maximum Gasteiger partial charge on any atom is 0.117 e. The number of hydrogen-bond donors (Lipinski definition) is 1. The highest BCUT2D eigenvalue weighted by Gasteiger charge is 2.37. The summed E-state index contributed by atoms with van der Waals surface area (Å²) in [6.07, 6.45) is 2.95. The molecule has 4 rings (SSSR count). The van der Waals surface area contributed by atoms with Crippen molar-refractivity contribution in [2.45, 2.75) is 18.6 Å². The summed E-state index contributed by atoms with van der Waals surface area (Å²) < 4.78 is 1.82.